The van der Waals surface area contributed by atoms with Gasteiger partial charge in [-0.25, -0.2) is 8.78 Å². The van der Waals surface area contributed by atoms with Crippen molar-refractivity contribution in [3.63, 3.8) is 0 Å². The van der Waals surface area contributed by atoms with E-state index < -0.39 is 23.6 Å². The molecule has 1 aliphatic rings. The van der Waals surface area contributed by atoms with Crippen LogP contribution in [0.2, 0.25) is 0 Å². The molecule has 1 unspecified atom stereocenters. The number of halogens is 2. The fraction of sp³-hybridized carbons (Fsp3) is 0.222. The van der Waals surface area contributed by atoms with Gasteiger partial charge in [0.25, 0.3) is 5.91 Å². The Morgan fingerprint density at radius 1 is 1.19 bits per heavy atom. The van der Waals surface area contributed by atoms with Crippen LogP contribution in [0.3, 0.4) is 0 Å². The smallest absolute Gasteiger partial charge is 0.262 e. The van der Waals surface area contributed by atoms with E-state index in [-0.39, 0.29) is 24.7 Å². The van der Waals surface area contributed by atoms with Gasteiger partial charge in [-0.15, -0.1) is 0 Å². The fourth-order valence-corrected chi connectivity index (χ4v) is 2.70. The first kappa shape index (κ1) is 17.7. The van der Waals surface area contributed by atoms with Crippen LogP contribution in [0.25, 0.3) is 0 Å². The fourth-order valence-electron chi connectivity index (χ4n) is 2.70. The van der Waals surface area contributed by atoms with Crippen LogP contribution in [-0.2, 0) is 9.59 Å². The van der Waals surface area contributed by atoms with Crippen molar-refractivity contribution in [2.75, 3.05) is 30.4 Å². The zero-order valence-corrected chi connectivity index (χ0v) is 14.0. The number of ether oxygens (including phenoxy) is 1. The number of nitrogens with zero attached hydrogens (tertiary/aromatic N) is 1. The molecule has 2 amide bonds. The number of fused-ring (bicyclic) bond motifs is 1. The molecular weight excluding hydrogens is 344 g/mol. The standard InChI is InChI=1S/C18H17F2N3O3/c1-21-18(25)16-9-23(14-4-2-3-5-15(14)26-16)10-17(24)22-11-6-7-12(19)13(20)8-11/h2-8,16H,9-10H2,1H3,(H,21,25)(H,22,24). The molecule has 0 saturated heterocycles. The minimum Gasteiger partial charge on any atom is -0.477 e. The lowest BCUT2D eigenvalue weighted by Crippen LogP contribution is -2.50. The van der Waals surface area contributed by atoms with E-state index in [1.54, 1.807) is 29.2 Å². The molecule has 2 aromatic carbocycles. The Morgan fingerprint density at radius 2 is 1.96 bits per heavy atom. The summed E-state index contributed by atoms with van der Waals surface area (Å²) in [4.78, 5) is 26.0. The second-order valence-electron chi connectivity index (χ2n) is 5.75. The van der Waals surface area contributed by atoms with E-state index in [1.165, 1.54) is 13.1 Å². The van der Waals surface area contributed by atoms with Gasteiger partial charge in [0.15, 0.2) is 17.7 Å². The molecule has 0 saturated carbocycles. The maximum absolute atomic E-state index is 13.3. The topological polar surface area (TPSA) is 70.7 Å². The van der Waals surface area contributed by atoms with Crippen molar-refractivity contribution in [1.82, 2.24) is 5.32 Å². The summed E-state index contributed by atoms with van der Waals surface area (Å²) in [6.45, 7) is 0.106. The van der Waals surface area contributed by atoms with Gasteiger partial charge in [0.1, 0.15) is 5.75 Å². The number of carbonyl (C=O) groups is 2. The van der Waals surface area contributed by atoms with E-state index in [2.05, 4.69) is 10.6 Å². The molecule has 2 N–H and O–H groups in total. The van der Waals surface area contributed by atoms with Crippen LogP contribution < -0.4 is 20.3 Å². The van der Waals surface area contributed by atoms with E-state index in [4.69, 9.17) is 4.74 Å². The van der Waals surface area contributed by atoms with Crippen molar-refractivity contribution in [2.45, 2.75) is 6.10 Å². The number of carbonyl (C=O) groups excluding carboxylic acids is 2. The van der Waals surface area contributed by atoms with Gasteiger partial charge in [-0.3, -0.25) is 9.59 Å². The molecular formula is C18H17F2N3O3. The average Bonchev–Trinajstić information content (AvgIpc) is 2.64. The average molecular weight is 361 g/mol. The van der Waals surface area contributed by atoms with Gasteiger partial charge in [0.05, 0.1) is 18.8 Å². The number of nitrogens with one attached hydrogen (secondary N) is 2. The predicted octanol–water partition coefficient (Wildman–Crippen LogP) is 1.92. The number of anilines is 2. The lowest BCUT2D eigenvalue weighted by Gasteiger charge is -2.34. The largest absolute Gasteiger partial charge is 0.477 e. The number of para-hydroxylation sites is 2. The van der Waals surface area contributed by atoms with E-state index in [1.807, 2.05) is 0 Å². The van der Waals surface area contributed by atoms with Crippen molar-refractivity contribution in [3.8, 4) is 5.75 Å². The van der Waals surface area contributed by atoms with Crippen LogP contribution in [0.4, 0.5) is 20.2 Å². The molecule has 26 heavy (non-hydrogen) atoms. The summed E-state index contributed by atoms with van der Waals surface area (Å²) in [5.74, 6) is -2.26. The molecule has 136 valence electrons. The second-order valence-corrected chi connectivity index (χ2v) is 5.75. The normalized spacial score (nSPS) is 15.7. The number of amides is 2. The molecule has 1 aliphatic heterocycles. The third-order valence-corrected chi connectivity index (χ3v) is 3.94. The highest BCUT2D eigenvalue weighted by atomic mass is 19.2. The first-order valence-electron chi connectivity index (χ1n) is 7.95. The number of rotatable bonds is 4. The number of likely N-dealkylation sites (N-methyl/N-ethyl adjacent to an activating group) is 1. The molecule has 0 aromatic heterocycles. The zero-order chi connectivity index (χ0) is 18.7. The third kappa shape index (κ3) is 3.74. The van der Waals surface area contributed by atoms with Gasteiger partial charge < -0.3 is 20.3 Å². The van der Waals surface area contributed by atoms with Crippen LogP contribution in [0.5, 0.6) is 5.75 Å². The van der Waals surface area contributed by atoms with E-state index >= 15 is 0 Å². The SMILES string of the molecule is CNC(=O)C1CN(CC(=O)Nc2ccc(F)c(F)c2)c2ccccc2O1. The first-order valence-corrected chi connectivity index (χ1v) is 7.95. The summed E-state index contributed by atoms with van der Waals surface area (Å²) < 4.78 is 31.9. The lowest BCUT2D eigenvalue weighted by molar-refractivity contribution is -0.127. The molecule has 0 spiro atoms. The Morgan fingerprint density at radius 3 is 2.69 bits per heavy atom. The summed E-state index contributed by atoms with van der Waals surface area (Å²) in [7, 11) is 1.51. The predicted molar refractivity (Wildman–Crippen MR) is 92.1 cm³/mol. The summed E-state index contributed by atoms with van der Waals surface area (Å²) in [6, 6.07) is 10.2. The molecule has 0 bridgehead atoms. The van der Waals surface area contributed by atoms with Gasteiger partial charge in [0.2, 0.25) is 5.91 Å². The molecule has 0 fully saturated rings. The van der Waals surface area contributed by atoms with Crippen molar-refractivity contribution in [3.05, 3.63) is 54.1 Å². The van der Waals surface area contributed by atoms with Gasteiger partial charge >= 0.3 is 0 Å². The molecule has 0 aliphatic carbocycles. The van der Waals surface area contributed by atoms with Crippen LogP contribution in [0.15, 0.2) is 42.5 Å². The summed E-state index contributed by atoms with van der Waals surface area (Å²) in [5, 5.41) is 5.04. The molecule has 8 heteroatoms. The Hall–Kier alpha value is -3.16. The minimum atomic E-state index is -1.04. The quantitative estimate of drug-likeness (QED) is 0.873. The number of hydrogen-bond donors (Lipinski definition) is 2. The Labute approximate surface area is 148 Å². The number of benzene rings is 2. The summed E-state index contributed by atoms with van der Waals surface area (Å²) in [5.41, 5.74) is 0.825. The van der Waals surface area contributed by atoms with E-state index in [0.29, 0.717) is 11.4 Å². The molecule has 2 aromatic rings. The Kier molecular flexibility index (Phi) is 5.01. The van der Waals surface area contributed by atoms with Crippen molar-refractivity contribution in [2.24, 2.45) is 0 Å². The Balaban J connectivity index is 1.75. The highest BCUT2D eigenvalue weighted by molar-refractivity contribution is 5.95. The van der Waals surface area contributed by atoms with Crippen LogP contribution in [0.1, 0.15) is 0 Å². The maximum atomic E-state index is 13.3. The van der Waals surface area contributed by atoms with Gasteiger partial charge in [0, 0.05) is 18.8 Å². The van der Waals surface area contributed by atoms with Crippen molar-refractivity contribution >= 4 is 23.2 Å². The van der Waals surface area contributed by atoms with Gasteiger partial charge in [-0.1, -0.05) is 12.1 Å². The van der Waals surface area contributed by atoms with Crippen LogP contribution in [-0.4, -0.2) is 38.1 Å². The molecule has 3 rings (SSSR count). The van der Waals surface area contributed by atoms with Crippen LogP contribution >= 0.6 is 0 Å². The molecule has 1 atom stereocenters. The molecule has 1 heterocycles. The van der Waals surface area contributed by atoms with Crippen molar-refractivity contribution in [1.29, 1.82) is 0 Å². The number of hydrogen-bond acceptors (Lipinski definition) is 4. The van der Waals surface area contributed by atoms with E-state index in [0.717, 1.165) is 12.1 Å². The third-order valence-electron chi connectivity index (χ3n) is 3.94. The summed E-state index contributed by atoms with van der Waals surface area (Å²) in [6.07, 6.45) is -0.758. The van der Waals surface area contributed by atoms with Crippen LogP contribution in [0, 0.1) is 11.6 Å². The summed E-state index contributed by atoms with van der Waals surface area (Å²) >= 11 is 0. The molecule has 0 radical (unpaired) electrons. The Bertz CT molecular complexity index is 844. The maximum Gasteiger partial charge on any atom is 0.262 e. The van der Waals surface area contributed by atoms with Crippen molar-refractivity contribution < 1.29 is 23.1 Å². The highest BCUT2D eigenvalue weighted by Gasteiger charge is 2.31. The first-order chi connectivity index (χ1) is 12.5. The van der Waals surface area contributed by atoms with Gasteiger partial charge in [-0.05, 0) is 24.3 Å². The van der Waals surface area contributed by atoms with Gasteiger partial charge in [-0.2, -0.15) is 0 Å². The monoisotopic (exact) mass is 361 g/mol. The lowest BCUT2D eigenvalue weighted by atomic mass is 10.1. The highest BCUT2D eigenvalue weighted by Crippen LogP contribution is 2.33. The second kappa shape index (κ2) is 7.38. The zero-order valence-electron chi connectivity index (χ0n) is 14.0. The van der Waals surface area contributed by atoms with E-state index in [9.17, 15) is 18.4 Å². The molecule has 6 nitrogen and oxygen atoms in total. The minimum absolute atomic E-state index is 0.0765.